The van der Waals surface area contributed by atoms with Crippen LogP contribution in [0.15, 0.2) is 46.9 Å². The highest BCUT2D eigenvalue weighted by Crippen LogP contribution is 2.43. The normalized spacial score (nSPS) is 25.8. The van der Waals surface area contributed by atoms with Crippen LogP contribution in [0.3, 0.4) is 0 Å². The minimum absolute atomic E-state index is 0.0380. The van der Waals surface area contributed by atoms with Gasteiger partial charge in [0, 0.05) is 22.6 Å². The van der Waals surface area contributed by atoms with Crippen LogP contribution in [0, 0.1) is 5.92 Å². The monoisotopic (exact) mass is 481 g/mol. The fourth-order valence-electron chi connectivity index (χ4n) is 5.57. The number of nitrogens with zero attached hydrogens (tertiary/aromatic N) is 1. The molecule has 2 aromatic rings. The first-order valence-electron chi connectivity index (χ1n) is 11.2. The molecule has 0 saturated carbocycles. The molecule has 0 aliphatic carbocycles. The minimum Gasteiger partial charge on any atom is -0.346 e. The first-order chi connectivity index (χ1) is 15.0. The van der Waals surface area contributed by atoms with Crippen molar-refractivity contribution in [3.05, 3.63) is 69.2 Å². The molecular weight excluding hydrogens is 454 g/mol. The Morgan fingerprint density at radius 2 is 2.06 bits per heavy atom. The molecule has 6 heteroatoms. The lowest BCUT2D eigenvalue weighted by atomic mass is 9.76. The van der Waals surface area contributed by atoms with Gasteiger partial charge in [-0.1, -0.05) is 46.3 Å². The van der Waals surface area contributed by atoms with Crippen molar-refractivity contribution in [2.24, 2.45) is 5.92 Å². The molecule has 5 rings (SSSR count). The van der Waals surface area contributed by atoms with Crippen LogP contribution < -0.4 is 10.6 Å². The van der Waals surface area contributed by atoms with Gasteiger partial charge in [0.1, 0.15) is 0 Å². The highest BCUT2D eigenvalue weighted by molar-refractivity contribution is 9.10. The fourth-order valence-corrected chi connectivity index (χ4v) is 6.08. The van der Waals surface area contributed by atoms with E-state index in [1.165, 1.54) is 5.56 Å². The third-order valence-corrected chi connectivity index (χ3v) is 7.57. The van der Waals surface area contributed by atoms with Crippen molar-refractivity contribution < 1.29 is 9.59 Å². The smallest absolute Gasteiger partial charge is 0.252 e. The van der Waals surface area contributed by atoms with E-state index in [1.54, 1.807) is 0 Å². The van der Waals surface area contributed by atoms with Crippen molar-refractivity contribution in [2.45, 2.75) is 50.7 Å². The zero-order valence-electron chi connectivity index (χ0n) is 17.7. The lowest BCUT2D eigenvalue weighted by molar-refractivity contribution is -0.145. The summed E-state index contributed by atoms with van der Waals surface area (Å²) in [7, 11) is 0. The zero-order valence-corrected chi connectivity index (χ0v) is 19.3. The van der Waals surface area contributed by atoms with E-state index in [2.05, 4.69) is 32.6 Å². The van der Waals surface area contributed by atoms with E-state index in [1.807, 2.05) is 48.2 Å². The van der Waals surface area contributed by atoms with Gasteiger partial charge in [0.2, 0.25) is 5.91 Å². The number of hydrogen-bond acceptors (Lipinski definition) is 3. The van der Waals surface area contributed by atoms with E-state index in [9.17, 15) is 9.59 Å². The van der Waals surface area contributed by atoms with Gasteiger partial charge in [-0.05, 0) is 68.0 Å². The summed E-state index contributed by atoms with van der Waals surface area (Å²) in [5.41, 5.74) is 3.97. The second kappa shape index (κ2) is 8.40. The molecule has 3 aliphatic heterocycles. The number of piperidine rings is 2. The highest BCUT2D eigenvalue weighted by Gasteiger charge is 2.46. The van der Waals surface area contributed by atoms with Crippen LogP contribution in [0.25, 0.3) is 0 Å². The zero-order chi connectivity index (χ0) is 21.5. The standard InChI is InChI=1S/C25H28BrN3O2/c1-15(16-6-3-2-4-7-16)28-24(30)20-13-18(26)12-17-9-11-29-22(23(17)20)14-21-19(25(29)31)8-5-10-27-21/h2-4,6-7,12-13,15,19,21-22,27H,5,8-11,14H2,1H3,(H,28,30)/t15-,19-,21-,22+/m1/s1. The number of fused-ring (bicyclic) bond motifs is 4. The topological polar surface area (TPSA) is 61.4 Å². The molecule has 2 saturated heterocycles. The van der Waals surface area contributed by atoms with Gasteiger partial charge in [-0.15, -0.1) is 0 Å². The summed E-state index contributed by atoms with van der Waals surface area (Å²) in [6.45, 7) is 3.71. The van der Waals surface area contributed by atoms with Crippen molar-refractivity contribution >= 4 is 27.7 Å². The molecule has 3 aliphatic rings. The predicted molar refractivity (Wildman–Crippen MR) is 124 cm³/mol. The Morgan fingerprint density at radius 3 is 2.87 bits per heavy atom. The molecule has 4 atom stereocenters. The van der Waals surface area contributed by atoms with Gasteiger partial charge in [0.25, 0.3) is 5.91 Å². The molecule has 2 amide bonds. The number of benzene rings is 2. The summed E-state index contributed by atoms with van der Waals surface area (Å²) in [6.07, 6.45) is 3.69. The second-order valence-corrected chi connectivity index (χ2v) is 9.89. The Morgan fingerprint density at radius 1 is 1.26 bits per heavy atom. The van der Waals surface area contributed by atoms with E-state index in [0.717, 1.165) is 54.4 Å². The second-order valence-electron chi connectivity index (χ2n) is 8.97. The number of hydrogen-bond donors (Lipinski definition) is 2. The van der Waals surface area contributed by atoms with Crippen LogP contribution in [-0.2, 0) is 11.2 Å². The molecule has 0 aromatic heterocycles. The average molecular weight is 482 g/mol. The maximum atomic E-state index is 13.4. The summed E-state index contributed by atoms with van der Waals surface area (Å²) >= 11 is 3.60. The fraction of sp³-hybridized carbons (Fsp3) is 0.440. The van der Waals surface area contributed by atoms with Crippen molar-refractivity contribution in [1.82, 2.24) is 15.5 Å². The summed E-state index contributed by atoms with van der Waals surface area (Å²) in [5.74, 6) is 0.255. The molecule has 0 radical (unpaired) electrons. The molecule has 0 bridgehead atoms. The summed E-state index contributed by atoms with van der Waals surface area (Å²) in [5, 5.41) is 6.75. The molecule has 0 unspecified atom stereocenters. The van der Waals surface area contributed by atoms with Crippen LogP contribution in [0.1, 0.15) is 65.3 Å². The molecule has 0 spiro atoms. The van der Waals surface area contributed by atoms with Gasteiger partial charge in [-0.3, -0.25) is 9.59 Å². The average Bonchev–Trinajstić information content (AvgIpc) is 2.79. The van der Waals surface area contributed by atoms with Gasteiger partial charge >= 0.3 is 0 Å². The van der Waals surface area contributed by atoms with Crippen LogP contribution in [0.2, 0.25) is 0 Å². The van der Waals surface area contributed by atoms with E-state index >= 15 is 0 Å². The molecule has 31 heavy (non-hydrogen) atoms. The maximum absolute atomic E-state index is 13.4. The third-order valence-electron chi connectivity index (χ3n) is 7.12. The predicted octanol–water partition coefficient (Wildman–Crippen LogP) is 4.14. The summed E-state index contributed by atoms with van der Waals surface area (Å²) in [6, 6.07) is 14.1. The highest BCUT2D eigenvalue weighted by atomic mass is 79.9. The third kappa shape index (κ3) is 3.80. The number of amides is 2. The lowest BCUT2D eigenvalue weighted by Gasteiger charge is -2.48. The summed E-state index contributed by atoms with van der Waals surface area (Å²) < 4.78 is 0.910. The van der Waals surface area contributed by atoms with Crippen molar-refractivity contribution in [3.8, 4) is 0 Å². The molecule has 5 nitrogen and oxygen atoms in total. The number of carbonyl (C=O) groups excluding carboxylic acids is 2. The Hall–Kier alpha value is -2.18. The Bertz CT molecular complexity index is 1010. The Labute approximate surface area is 191 Å². The van der Waals surface area contributed by atoms with E-state index in [4.69, 9.17) is 0 Å². The van der Waals surface area contributed by atoms with Gasteiger partial charge in [-0.2, -0.15) is 0 Å². The number of carbonyl (C=O) groups is 2. The molecule has 2 aromatic carbocycles. The summed E-state index contributed by atoms with van der Waals surface area (Å²) in [4.78, 5) is 28.8. The van der Waals surface area contributed by atoms with Crippen LogP contribution in [0.4, 0.5) is 0 Å². The number of nitrogens with one attached hydrogen (secondary N) is 2. The molecule has 3 heterocycles. The first-order valence-corrected chi connectivity index (χ1v) is 12.0. The number of rotatable bonds is 3. The van der Waals surface area contributed by atoms with Gasteiger partial charge in [0.05, 0.1) is 18.0 Å². The first kappa shape index (κ1) is 20.7. The van der Waals surface area contributed by atoms with Crippen LogP contribution in [0.5, 0.6) is 0 Å². The minimum atomic E-state index is -0.0968. The maximum Gasteiger partial charge on any atom is 0.252 e. The van der Waals surface area contributed by atoms with E-state index in [0.29, 0.717) is 5.56 Å². The van der Waals surface area contributed by atoms with Crippen LogP contribution >= 0.6 is 15.9 Å². The van der Waals surface area contributed by atoms with Crippen molar-refractivity contribution in [2.75, 3.05) is 13.1 Å². The Kier molecular flexibility index (Phi) is 5.61. The van der Waals surface area contributed by atoms with Gasteiger partial charge in [-0.25, -0.2) is 0 Å². The molecule has 2 N–H and O–H groups in total. The van der Waals surface area contributed by atoms with E-state index < -0.39 is 0 Å². The molecule has 2 fully saturated rings. The Balaban J connectivity index is 1.49. The van der Waals surface area contributed by atoms with Gasteiger partial charge in [0.15, 0.2) is 0 Å². The lowest BCUT2D eigenvalue weighted by Crippen LogP contribution is -2.58. The molecule has 162 valence electrons. The largest absolute Gasteiger partial charge is 0.346 e. The van der Waals surface area contributed by atoms with E-state index in [-0.39, 0.29) is 35.9 Å². The molecular formula is C25H28BrN3O2. The SMILES string of the molecule is C[C@@H](NC(=O)c1cc(Br)cc2c1[C@@H]1C[C@H]3NCCC[C@H]3C(=O)N1CC2)c1ccccc1. The van der Waals surface area contributed by atoms with Gasteiger partial charge < -0.3 is 15.5 Å². The number of halogens is 1. The van der Waals surface area contributed by atoms with Crippen LogP contribution in [-0.4, -0.2) is 35.8 Å². The van der Waals surface area contributed by atoms with Crippen molar-refractivity contribution in [1.29, 1.82) is 0 Å². The van der Waals surface area contributed by atoms with Crippen molar-refractivity contribution in [3.63, 3.8) is 0 Å². The quantitative estimate of drug-likeness (QED) is 0.692.